The van der Waals surface area contributed by atoms with Gasteiger partial charge in [-0.15, -0.1) is 0 Å². The minimum absolute atomic E-state index is 0.241. The van der Waals surface area contributed by atoms with Crippen LogP contribution in [0.25, 0.3) is 11.3 Å². The Morgan fingerprint density at radius 2 is 2.00 bits per heavy atom. The van der Waals surface area contributed by atoms with Crippen LogP contribution in [0.3, 0.4) is 0 Å². The first kappa shape index (κ1) is 14.2. The molecule has 0 aliphatic carbocycles. The molecular formula is C14H16BrFN2O. The standard InChI is InChI=1S/C14H16BrFN2O/c15-7-1-2-8-19-10-13-9-14(18-17-13)11-3-5-12(16)6-4-11/h3-6,9H,1-2,7-8,10H2,(H,17,18). The molecule has 5 heteroatoms. The van der Waals surface area contributed by atoms with Crippen LogP contribution in [0.2, 0.25) is 0 Å². The maximum absolute atomic E-state index is 12.8. The van der Waals surface area contributed by atoms with E-state index in [0.717, 1.165) is 41.7 Å². The van der Waals surface area contributed by atoms with E-state index < -0.39 is 0 Å². The molecule has 2 rings (SSSR count). The van der Waals surface area contributed by atoms with Crippen LogP contribution in [0.5, 0.6) is 0 Å². The number of hydrogen-bond donors (Lipinski definition) is 1. The smallest absolute Gasteiger partial charge is 0.123 e. The number of ether oxygens (including phenoxy) is 1. The second kappa shape index (κ2) is 7.40. The first-order valence-corrected chi connectivity index (χ1v) is 7.35. The van der Waals surface area contributed by atoms with E-state index in [9.17, 15) is 4.39 Å². The molecule has 0 aliphatic heterocycles. The van der Waals surface area contributed by atoms with Crippen molar-refractivity contribution >= 4 is 15.9 Å². The Kier molecular flexibility index (Phi) is 5.54. The Morgan fingerprint density at radius 3 is 2.74 bits per heavy atom. The largest absolute Gasteiger partial charge is 0.375 e. The lowest BCUT2D eigenvalue weighted by atomic mass is 10.1. The average Bonchev–Trinajstić information content (AvgIpc) is 2.88. The van der Waals surface area contributed by atoms with Gasteiger partial charge in [0.1, 0.15) is 5.82 Å². The van der Waals surface area contributed by atoms with E-state index in [1.54, 1.807) is 12.1 Å². The summed E-state index contributed by atoms with van der Waals surface area (Å²) in [6.07, 6.45) is 2.16. The molecule has 0 aliphatic rings. The van der Waals surface area contributed by atoms with Crippen molar-refractivity contribution < 1.29 is 9.13 Å². The van der Waals surface area contributed by atoms with E-state index >= 15 is 0 Å². The quantitative estimate of drug-likeness (QED) is 0.618. The van der Waals surface area contributed by atoms with Crippen molar-refractivity contribution in [3.63, 3.8) is 0 Å². The highest BCUT2D eigenvalue weighted by atomic mass is 79.9. The number of aromatic amines is 1. The fourth-order valence-electron chi connectivity index (χ4n) is 1.68. The number of nitrogens with one attached hydrogen (secondary N) is 1. The minimum Gasteiger partial charge on any atom is -0.375 e. The Hall–Kier alpha value is -1.20. The van der Waals surface area contributed by atoms with Gasteiger partial charge in [0.05, 0.1) is 18.0 Å². The van der Waals surface area contributed by atoms with Crippen molar-refractivity contribution in [2.24, 2.45) is 0 Å². The number of alkyl halides is 1. The van der Waals surface area contributed by atoms with Gasteiger partial charge in [-0.05, 0) is 43.2 Å². The molecular weight excluding hydrogens is 311 g/mol. The van der Waals surface area contributed by atoms with E-state index in [0.29, 0.717) is 6.61 Å². The van der Waals surface area contributed by atoms with Crippen LogP contribution in [-0.2, 0) is 11.3 Å². The van der Waals surface area contributed by atoms with Crippen LogP contribution < -0.4 is 0 Å². The summed E-state index contributed by atoms with van der Waals surface area (Å²) < 4.78 is 18.4. The number of halogens is 2. The summed E-state index contributed by atoms with van der Waals surface area (Å²) in [4.78, 5) is 0. The third-order valence-electron chi connectivity index (χ3n) is 2.70. The van der Waals surface area contributed by atoms with E-state index in [1.165, 1.54) is 12.1 Å². The summed E-state index contributed by atoms with van der Waals surface area (Å²) in [7, 11) is 0. The summed E-state index contributed by atoms with van der Waals surface area (Å²) in [5, 5.41) is 8.14. The number of rotatable bonds is 7. The Morgan fingerprint density at radius 1 is 1.21 bits per heavy atom. The number of aromatic nitrogens is 2. The molecule has 1 aromatic heterocycles. The minimum atomic E-state index is -0.241. The fourth-order valence-corrected chi connectivity index (χ4v) is 2.08. The van der Waals surface area contributed by atoms with Gasteiger partial charge in [-0.25, -0.2) is 4.39 Å². The van der Waals surface area contributed by atoms with Crippen LogP contribution in [-0.4, -0.2) is 22.1 Å². The highest BCUT2D eigenvalue weighted by molar-refractivity contribution is 9.09. The molecule has 3 nitrogen and oxygen atoms in total. The molecule has 0 amide bonds. The molecule has 1 N–H and O–H groups in total. The maximum atomic E-state index is 12.8. The van der Waals surface area contributed by atoms with E-state index in [-0.39, 0.29) is 5.82 Å². The molecule has 0 radical (unpaired) electrons. The van der Waals surface area contributed by atoms with Crippen LogP contribution in [0.1, 0.15) is 18.5 Å². The van der Waals surface area contributed by atoms with Crippen molar-refractivity contribution in [2.45, 2.75) is 19.4 Å². The number of nitrogens with zero attached hydrogens (tertiary/aromatic N) is 1. The molecule has 2 aromatic rings. The monoisotopic (exact) mass is 326 g/mol. The van der Waals surface area contributed by atoms with Crippen molar-refractivity contribution in [3.8, 4) is 11.3 Å². The van der Waals surface area contributed by atoms with E-state index in [1.807, 2.05) is 6.07 Å². The number of unbranched alkanes of at least 4 members (excludes halogenated alkanes) is 1. The van der Waals surface area contributed by atoms with Crippen LogP contribution in [0.15, 0.2) is 30.3 Å². The zero-order valence-electron chi connectivity index (χ0n) is 10.5. The molecule has 0 saturated heterocycles. The van der Waals surface area contributed by atoms with Crippen molar-refractivity contribution in [3.05, 3.63) is 41.8 Å². The third kappa shape index (κ3) is 4.44. The lowest BCUT2D eigenvalue weighted by Crippen LogP contribution is -1.96. The van der Waals surface area contributed by atoms with Crippen molar-refractivity contribution in [1.82, 2.24) is 10.2 Å². The van der Waals surface area contributed by atoms with Crippen molar-refractivity contribution in [1.29, 1.82) is 0 Å². The summed E-state index contributed by atoms with van der Waals surface area (Å²) in [6.45, 7) is 1.27. The van der Waals surface area contributed by atoms with Gasteiger partial charge < -0.3 is 4.74 Å². The topological polar surface area (TPSA) is 37.9 Å². The Balaban J connectivity index is 1.86. The van der Waals surface area contributed by atoms with Gasteiger partial charge in [0, 0.05) is 17.5 Å². The molecule has 102 valence electrons. The van der Waals surface area contributed by atoms with Crippen LogP contribution >= 0.6 is 15.9 Å². The molecule has 0 atom stereocenters. The maximum Gasteiger partial charge on any atom is 0.123 e. The second-order valence-corrected chi connectivity index (χ2v) is 5.03. The molecule has 1 aromatic carbocycles. The van der Waals surface area contributed by atoms with Gasteiger partial charge in [-0.2, -0.15) is 5.10 Å². The molecule has 0 spiro atoms. The van der Waals surface area contributed by atoms with Gasteiger partial charge in [-0.1, -0.05) is 15.9 Å². The summed E-state index contributed by atoms with van der Waals surface area (Å²) in [5.41, 5.74) is 2.63. The molecule has 1 heterocycles. The zero-order chi connectivity index (χ0) is 13.5. The Bertz CT molecular complexity index is 498. The molecule has 0 saturated carbocycles. The third-order valence-corrected chi connectivity index (χ3v) is 3.26. The van der Waals surface area contributed by atoms with Gasteiger partial charge in [0.2, 0.25) is 0 Å². The van der Waals surface area contributed by atoms with Crippen LogP contribution in [0.4, 0.5) is 4.39 Å². The van der Waals surface area contributed by atoms with Gasteiger partial charge >= 0.3 is 0 Å². The SMILES string of the molecule is Fc1ccc(-c2cc(COCCCCBr)[nH]n2)cc1. The number of H-pyrrole nitrogens is 1. The zero-order valence-corrected chi connectivity index (χ0v) is 12.1. The lowest BCUT2D eigenvalue weighted by Gasteiger charge is -2.00. The Labute approximate surface area is 120 Å². The number of benzene rings is 1. The molecule has 0 unspecified atom stereocenters. The number of hydrogen-bond acceptors (Lipinski definition) is 2. The van der Waals surface area contributed by atoms with Gasteiger partial charge in [-0.3, -0.25) is 5.10 Å². The predicted octanol–water partition coefficient (Wildman–Crippen LogP) is 3.91. The fraction of sp³-hybridized carbons (Fsp3) is 0.357. The van der Waals surface area contributed by atoms with Gasteiger partial charge in [0.25, 0.3) is 0 Å². The first-order valence-electron chi connectivity index (χ1n) is 6.23. The highest BCUT2D eigenvalue weighted by Gasteiger charge is 2.04. The first-order chi connectivity index (χ1) is 9.29. The summed E-state index contributed by atoms with van der Waals surface area (Å²) in [6, 6.07) is 8.22. The normalized spacial score (nSPS) is 10.8. The van der Waals surface area contributed by atoms with E-state index in [2.05, 4.69) is 26.1 Å². The second-order valence-electron chi connectivity index (χ2n) is 4.23. The lowest BCUT2D eigenvalue weighted by molar-refractivity contribution is 0.115. The molecule has 19 heavy (non-hydrogen) atoms. The molecule has 0 bridgehead atoms. The molecule has 0 fully saturated rings. The highest BCUT2D eigenvalue weighted by Crippen LogP contribution is 2.18. The summed E-state index contributed by atoms with van der Waals surface area (Å²) >= 11 is 3.38. The van der Waals surface area contributed by atoms with E-state index in [4.69, 9.17) is 4.74 Å². The predicted molar refractivity (Wildman–Crippen MR) is 76.7 cm³/mol. The van der Waals surface area contributed by atoms with Gasteiger partial charge in [0.15, 0.2) is 0 Å². The van der Waals surface area contributed by atoms with Crippen LogP contribution in [0, 0.1) is 5.82 Å². The summed E-state index contributed by atoms with van der Waals surface area (Å²) in [5.74, 6) is -0.241. The van der Waals surface area contributed by atoms with Crippen molar-refractivity contribution in [2.75, 3.05) is 11.9 Å². The average molecular weight is 327 g/mol.